The number of rotatable bonds is 4. The Balaban J connectivity index is 1.61. The first-order valence-corrected chi connectivity index (χ1v) is 10.8. The molecule has 0 radical (unpaired) electrons. The Morgan fingerprint density at radius 3 is 2.58 bits per heavy atom. The van der Waals surface area contributed by atoms with Crippen LogP contribution in [0, 0.1) is 6.92 Å². The number of halogens is 1. The Morgan fingerprint density at radius 2 is 1.81 bits per heavy atom. The fourth-order valence-electron chi connectivity index (χ4n) is 4.03. The summed E-state index contributed by atoms with van der Waals surface area (Å²) in [7, 11) is 0. The molecule has 31 heavy (non-hydrogen) atoms. The van der Waals surface area contributed by atoms with E-state index in [9.17, 15) is 0 Å². The van der Waals surface area contributed by atoms with Gasteiger partial charge in [0, 0.05) is 22.5 Å². The van der Waals surface area contributed by atoms with Crippen LogP contribution < -0.4 is 10.2 Å². The number of nitrogens with one attached hydrogen (secondary N) is 1. The van der Waals surface area contributed by atoms with E-state index in [1.165, 1.54) is 0 Å². The van der Waals surface area contributed by atoms with Crippen LogP contribution in [-0.2, 0) is 0 Å². The highest BCUT2D eigenvalue weighted by Gasteiger charge is 2.42. The monoisotopic (exact) mass is 445 g/mol. The van der Waals surface area contributed by atoms with Gasteiger partial charge in [-0.1, -0.05) is 41.9 Å². The normalized spacial score (nSPS) is 18.3. The van der Waals surface area contributed by atoms with Crippen molar-refractivity contribution in [1.29, 1.82) is 0 Å². The Kier molecular flexibility index (Phi) is 5.22. The molecule has 0 bridgehead atoms. The molecule has 5 rings (SSSR count). The van der Waals surface area contributed by atoms with Crippen LogP contribution in [0.15, 0.2) is 89.5 Å². The lowest BCUT2D eigenvalue weighted by Gasteiger charge is -2.26. The Hall–Kier alpha value is -3.15. The minimum atomic E-state index is -0.182. The van der Waals surface area contributed by atoms with E-state index < -0.39 is 0 Å². The van der Waals surface area contributed by atoms with Gasteiger partial charge in [0.15, 0.2) is 5.11 Å². The molecule has 0 aliphatic carbocycles. The van der Waals surface area contributed by atoms with Crippen molar-refractivity contribution in [2.75, 3.05) is 4.90 Å². The summed E-state index contributed by atoms with van der Waals surface area (Å²) in [4.78, 5) is 6.68. The highest BCUT2D eigenvalue weighted by atomic mass is 35.5. The molecule has 1 aliphatic heterocycles. The number of pyridine rings is 1. The molecule has 0 saturated carbocycles. The highest BCUT2D eigenvalue weighted by molar-refractivity contribution is 7.80. The minimum absolute atomic E-state index is 0.145. The van der Waals surface area contributed by atoms with E-state index in [1.54, 1.807) is 6.20 Å². The van der Waals surface area contributed by atoms with Gasteiger partial charge < -0.3 is 14.6 Å². The summed E-state index contributed by atoms with van der Waals surface area (Å²) in [5.41, 5.74) is 3.99. The highest BCUT2D eigenvalue weighted by Crippen LogP contribution is 2.43. The number of anilines is 1. The largest absolute Gasteiger partial charge is 0.459 e. The van der Waals surface area contributed by atoms with E-state index in [0.717, 1.165) is 34.0 Å². The van der Waals surface area contributed by atoms with E-state index in [2.05, 4.69) is 15.2 Å². The SMILES string of the molecule is Cc1ccc(Cl)cc1-c1ccc([C@H]2[C@H](c3ccccn3)NC(=S)N2c2ccccc2)o1. The molecule has 6 heteroatoms. The van der Waals surface area contributed by atoms with Gasteiger partial charge in [0.05, 0.1) is 11.7 Å². The van der Waals surface area contributed by atoms with Crippen LogP contribution in [0.1, 0.15) is 29.1 Å². The molecule has 154 valence electrons. The van der Waals surface area contributed by atoms with Crippen LogP contribution in [0.4, 0.5) is 5.69 Å². The molecule has 4 nitrogen and oxygen atoms in total. The molecule has 1 saturated heterocycles. The van der Waals surface area contributed by atoms with Gasteiger partial charge >= 0.3 is 0 Å². The van der Waals surface area contributed by atoms with Crippen molar-refractivity contribution < 1.29 is 4.42 Å². The Morgan fingerprint density at radius 1 is 1.00 bits per heavy atom. The maximum absolute atomic E-state index is 6.41. The van der Waals surface area contributed by atoms with Crippen molar-refractivity contribution in [1.82, 2.24) is 10.3 Å². The molecular weight excluding hydrogens is 426 g/mol. The van der Waals surface area contributed by atoms with Gasteiger partial charge in [0.2, 0.25) is 0 Å². The number of hydrogen-bond acceptors (Lipinski definition) is 3. The van der Waals surface area contributed by atoms with E-state index in [4.69, 9.17) is 28.2 Å². The third-order valence-electron chi connectivity index (χ3n) is 5.52. The van der Waals surface area contributed by atoms with Gasteiger partial charge in [-0.2, -0.15) is 0 Å². The first-order valence-electron chi connectivity index (χ1n) is 10.0. The smallest absolute Gasteiger partial charge is 0.174 e. The van der Waals surface area contributed by atoms with Crippen LogP contribution in [-0.4, -0.2) is 10.1 Å². The zero-order chi connectivity index (χ0) is 21.4. The summed E-state index contributed by atoms with van der Waals surface area (Å²) >= 11 is 12.0. The number of hydrogen-bond donors (Lipinski definition) is 1. The lowest BCUT2D eigenvalue weighted by molar-refractivity contribution is 0.439. The molecular formula is C25H20ClN3OS. The topological polar surface area (TPSA) is 41.3 Å². The molecule has 0 unspecified atom stereocenters. The Bertz CT molecular complexity index is 1230. The predicted molar refractivity (Wildman–Crippen MR) is 128 cm³/mol. The molecule has 3 heterocycles. The Labute approximate surface area is 191 Å². The van der Waals surface area contributed by atoms with Gasteiger partial charge in [-0.05, 0) is 73.2 Å². The number of aryl methyl sites for hydroxylation is 1. The molecule has 2 aromatic heterocycles. The number of aromatic nitrogens is 1. The summed E-state index contributed by atoms with van der Waals surface area (Å²) in [6.45, 7) is 2.05. The first kappa shape index (κ1) is 19.8. The molecule has 4 aromatic rings. The van der Waals surface area contributed by atoms with Gasteiger partial charge in [-0.25, -0.2) is 0 Å². The van der Waals surface area contributed by atoms with Crippen molar-refractivity contribution in [2.24, 2.45) is 0 Å². The number of para-hydroxylation sites is 1. The summed E-state index contributed by atoms with van der Waals surface area (Å²) in [6.07, 6.45) is 1.80. The maximum atomic E-state index is 6.41. The third-order valence-corrected chi connectivity index (χ3v) is 6.07. The van der Waals surface area contributed by atoms with Gasteiger partial charge in [0.25, 0.3) is 0 Å². The number of furan rings is 1. The second kappa shape index (κ2) is 8.17. The van der Waals surface area contributed by atoms with E-state index in [1.807, 2.05) is 85.8 Å². The molecule has 0 amide bonds. The summed E-state index contributed by atoms with van der Waals surface area (Å²) < 4.78 is 6.41. The molecule has 1 aliphatic rings. The van der Waals surface area contributed by atoms with E-state index in [0.29, 0.717) is 10.1 Å². The van der Waals surface area contributed by atoms with Crippen molar-refractivity contribution in [3.8, 4) is 11.3 Å². The number of nitrogens with zero attached hydrogens (tertiary/aromatic N) is 2. The molecule has 1 N–H and O–H groups in total. The quantitative estimate of drug-likeness (QED) is 0.364. The molecule has 0 spiro atoms. The average molecular weight is 446 g/mol. The number of thiocarbonyl (C=S) groups is 1. The van der Waals surface area contributed by atoms with Crippen LogP contribution in [0.25, 0.3) is 11.3 Å². The maximum Gasteiger partial charge on any atom is 0.174 e. The fraction of sp³-hybridized carbons (Fsp3) is 0.120. The third kappa shape index (κ3) is 3.71. The van der Waals surface area contributed by atoms with Gasteiger partial charge in [0.1, 0.15) is 17.6 Å². The van der Waals surface area contributed by atoms with Crippen molar-refractivity contribution in [3.05, 3.63) is 107 Å². The second-order valence-corrected chi connectivity index (χ2v) is 8.32. The zero-order valence-corrected chi connectivity index (χ0v) is 18.4. The standard InChI is InChI=1S/C25H20ClN3OS/c1-16-10-11-17(26)15-19(16)21-12-13-22(30-21)24-23(20-9-5-6-14-27-20)28-25(31)29(24)18-7-3-2-4-8-18/h2-15,23-24H,1H3,(H,28,31)/t23-,24-/m0/s1. The van der Waals surface area contributed by atoms with Gasteiger partial charge in [-0.15, -0.1) is 0 Å². The molecule has 1 fully saturated rings. The summed E-state index contributed by atoms with van der Waals surface area (Å²) in [5, 5.41) is 4.77. The van der Waals surface area contributed by atoms with Crippen molar-refractivity contribution in [3.63, 3.8) is 0 Å². The van der Waals surface area contributed by atoms with Crippen LogP contribution >= 0.6 is 23.8 Å². The molecule has 2 atom stereocenters. The lowest BCUT2D eigenvalue weighted by atomic mass is 10.0. The summed E-state index contributed by atoms with van der Waals surface area (Å²) in [6, 6.07) is 25.5. The first-order chi connectivity index (χ1) is 15.1. The number of benzene rings is 2. The average Bonchev–Trinajstić information content (AvgIpc) is 3.41. The lowest BCUT2D eigenvalue weighted by Crippen LogP contribution is -2.29. The van der Waals surface area contributed by atoms with Crippen LogP contribution in [0.5, 0.6) is 0 Å². The minimum Gasteiger partial charge on any atom is -0.459 e. The van der Waals surface area contributed by atoms with E-state index >= 15 is 0 Å². The zero-order valence-electron chi connectivity index (χ0n) is 16.8. The summed E-state index contributed by atoms with van der Waals surface area (Å²) in [5.74, 6) is 1.59. The van der Waals surface area contributed by atoms with Crippen LogP contribution in [0.2, 0.25) is 5.02 Å². The fourth-order valence-corrected chi connectivity index (χ4v) is 4.54. The predicted octanol–water partition coefficient (Wildman–Crippen LogP) is 6.48. The van der Waals surface area contributed by atoms with Crippen molar-refractivity contribution >= 4 is 34.6 Å². The second-order valence-electron chi connectivity index (χ2n) is 7.49. The molecule has 2 aromatic carbocycles. The van der Waals surface area contributed by atoms with Gasteiger partial charge in [-0.3, -0.25) is 4.98 Å². The van der Waals surface area contributed by atoms with E-state index in [-0.39, 0.29) is 12.1 Å². The van der Waals surface area contributed by atoms with Crippen molar-refractivity contribution in [2.45, 2.75) is 19.0 Å². The van der Waals surface area contributed by atoms with Crippen LogP contribution in [0.3, 0.4) is 0 Å².